The molecule has 0 saturated carbocycles. The van der Waals surface area contributed by atoms with Gasteiger partial charge in [0.2, 0.25) is 0 Å². The molecule has 0 unspecified atom stereocenters. The van der Waals surface area contributed by atoms with E-state index in [9.17, 15) is 9.59 Å². The molecule has 2 aromatic carbocycles. The molecular formula is C17H16BrNO5. The smallest absolute Gasteiger partial charge is 0.335 e. The number of carboxylic acid groups (broad SMARTS) is 1. The average molecular weight is 394 g/mol. The predicted molar refractivity (Wildman–Crippen MR) is 92.9 cm³/mol. The van der Waals surface area contributed by atoms with Crippen molar-refractivity contribution in [1.29, 1.82) is 0 Å². The first-order valence-electron chi connectivity index (χ1n) is 7.07. The molecule has 0 fully saturated rings. The van der Waals surface area contributed by atoms with Crippen molar-refractivity contribution in [3.05, 3.63) is 58.1 Å². The molecule has 0 saturated heterocycles. The van der Waals surface area contributed by atoms with Crippen LogP contribution in [0.15, 0.2) is 46.9 Å². The minimum atomic E-state index is -1.05. The van der Waals surface area contributed by atoms with Crippen LogP contribution in [-0.2, 0) is 4.74 Å². The summed E-state index contributed by atoms with van der Waals surface area (Å²) < 4.78 is 11.1. The maximum atomic E-state index is 12.3. The molecule has 24 heavy (non-hydrogen) atoms. The van der Waals surface area contributed by atoms with Crippen LogP contribution in [0.3, 0.4) is 0 Å². The molecular weight excluding hydrogens is 378 g/mol. The van der Waals surface area contributed by atoms with E-state index in [1.807, 2.05) is 0 Å². The van der Waals surface area contributed by atoms with Crippen molar-refractivity contribution in [1.82, 2.24) is 0 Å². The van der Waals surface area contributed by atoms with Crippen LogP contribution in [-0.4, -0.2) is 37.3 Å². The van der Waals surface area contributed by atoms with E-state index < -0.39 is 5.97 Å². The molecule has 0 radical (unpaired) electrons. The Hall–Kier alpha value is -2.38. The van der Waals surface area contributed by atoms with Gasteiger partial charge >= 0.3 is 5.97 Å². The molecule has 0 spiro atoms. The number of nitrogens with one attached hydrogen (secondary N) is 1. The van der Waals surface area contributed by atoms with Crippen LogP contribution < -0.4 is 10.1 Å². The van der Waals surface area contributed by atoms with E-state index in [4.69, 9.17) is 14.6 Å². The van der Waals surface area contributed by atoms with Crippen molar-refractivity contribution >= 4 is 33.5 Å². The first-order chi connectivity index (χ1) is 11.5. The second kappa shape index (κ2) is 8.47. The zero-order valence-corrected chi connectivity index (χ0v) is 14.5. The predicted octanol–water partition coefficient (Wildman–Crippen LogP) is 3.42. The third-order valence-corrected chi connectivity index (χ3v) is 3.73. The number of benzene rings is 2. The van der Waals surface area contributed by atoms with Gasteiger partial charge in [0.05, 0.1) is 16.6 Å². The number of hydrogen-bond donors (Lipinski definition) is 2. The van der Waals surface area contributed by atoms with Gasteiger partial charge in [-0.05, 0) is 52.3 Å². The summed E-state index contributed by atoms with van der Waals surface area (Å²) in [5.74, 6) is -0.787. The number of hydrogen-bond acceptors (Lipinski definition) is 4. The van der Waals surface area contributed by atoms with Crippen LogP contribution in [0.1, 0.15) is 20.7 Å². The van der Waals surface area contributed by atoms with Crippen molar-refractivity contribution in [2.45, 2.75) is 0 Å². The lowest BCUT2D eigenvalue weighted by Crippen LogP contribution is -2.12. The summed E-state index contributed by atoms with van der Waals surface area (Å²) in [5.41, 5.74) is 0.939. The Kier molecular flexibility index (Phi) is 6.34. The largest absolute Gasteiger partial charge is 0.490 e. The molecule has 0 atom stereocenters. The average Bonchev–Trinajstić information content (AvgIpc) is 2.56. The highest BCUT2D eigenvalue weighted by Gasteiger charge is 2.11. The Morgan fingerprint density at radius 2 is 1.92 bits per heavy atom. The number of carbonyl (C=O) groups is 2. The maximum Gasteiger partial charge on any atom is 0.335 e. The fourth-order valence-electron chi connectivity index (χ4n) is 1.93. The van der Waals surface area contributed by atoms with E-state index in [1.165, 1.54) is 12.1 Å². The monoisotopic (exact) mass is 393 g/mol. The third kappa shape index (κ3) is 4.81. The van der Waals surface area contributed by atoms with E-state index in [2.05, 4.69) is 21.2 Å². The number of anilines is 1. The van der Waals surface area contributed by atoms with Crippen LogP contribution in [0.5, 0.6) is 5.75 Å². The summed E-state index contributed by atoms with van der Waals surface area (Å²) in [5, 5.41) is 11.6. The third-order valence-electron chi connectivity index (χ3n) is 3.11. The molecule has 2 N–H and O–H groups in total. The van der Waals surface area contributed by atoms with E-state index >= 15 is 0 Å². The summed E-state index contributed by atoms with van der Waals surface area (Å²) in [6, 6.07) is 11.0. The van der Waals surface area contributed by atoms with Crippen LogP contribution >= 0.6 is 15.9 Å². The number of methoxy groups -OCH3 is 1. The molecule has 0 aliphatic heterocycles. The molecule has 2 rings (SSSR count). The molecule has 2 aromatic rings. The first-order valence-corrected chi connectivity index (χ1v) is 7.86. The molecule has 1 amide bonds. The number of amides is 1. The Labute approximate surface area is 147 Å². The number of halogens is 1. The summed E-state index contributed by atoms with van der Waals surface area (Å²) in [7, 11) is 1.59. The van der Waals surface area contributed by atoms with Gasteiger partial charge in [-0.3, -0.25) is 4.79 Å². The number of ether oxygens (including phenoxy) is 2. The van der Waals surface area contributed by atoms with Crippen molar-refractivity contribution in [3.8, 4) is 5.75 Å². The van der Waals surface area contributed by atoms with Crippen LogP contribution in [0, 0.1) is 0 Å². The standard InChI is InChI=1S/C17H16BrNO5/c1-23-7-8-24-15-6-5-11(10-14(15)18)16(20)19-13-4-2-3-12(9-13)17(21)22/h2-6,9-10H,7-8H2,1H3,(H,19,20)(H,21,22). The molecule has 126 valence electrons. The van der Waals surface area contributed by atoms with Crippen LogP contribution in [0.4, 0.5) is 5.69 Å². The molecule has 6 nitrogen and oxygen atoms in total. The quantitative estimate of drug-likeness (QED) is 0.703. The highest BCUT2D eigenvalue weighted by atomic mass is 79.9. The highest BCUT2D eigenvalue weighted by Crippen LogP contribution is 2.26. The lowest BCUT2D eigenvalue weighted by atomic mass is 10.1. The first kappa shape index (κ1) is 18.0. The summed E-state index contributed by atoms with van der Waals surface area (Å²) >= 11 is 3.36. The van der Waals surface area contributed by atoms with E-state index in [-0.39, 0.29) is 11.5 Å². The van der Waals surface area contributed by atoms with Crippen molar-refractivity contribution in [2.75, 3.05) is 25.6 Å². The van der Waals surface area contributed by atoms with Crippen LogP contribution in [0.2, 0.25) is 0 Å². The molecule has 0 heterocycles. The molecule has 0 aliphatic carbocycles. The fourth-order valence-corrected chi connectivity index (χ4v) is 2.42. The molecule has 0 aliphatic rings. The SMILES string of the molecule is COCCOc1ccc(C(=O)Nc2cccc(C(=O)O)c2)cc1Br. The Balaban J connectivity index is 2.08. The van der Waals surface area contributed by atoms with Crippen LogP contribution in [0.25, 0.3) is 0 Å². The van der Waals surface area contributed by atoms with Gasteiger partial charge in [0.1, 0.15) is 12.4 Å². The number of rotatable bonds is 7. The summed E-state index contributed by atoms with van der Waals surface area (Å²) in [6.07, 6.45) is 0. The van der Waals surface area contributed by atoms with E-state index in [0.717, 1.165) is 0 Å². The molecule has 7 heteroatoms. The normalized spacial score (nSPS) is 10.2. The van der Waals surface area contributed by atoms with Gasteiger partial charge in [0.25, 0.3) is 5.91 Å². The van der Waals surface area contributed by atoms with Gasteiger partial charge in [0, 0.05) is 18.4 Å². The minimum Gasteiger partial charge on any atom is -0.490 e. The Morgan fingerprint density at radius 3 is 2.58 bits per heavy atom. The van der Waals surface area contributed by atoms with Gasteiger partial charge in [0.15, 0.2) is 0 Å². The highest BCUT2D eigenvalue weighted by molar-refractivity contribution is 9.10. The van der Waals surface area contributed by atoms with E-state index in [1.54, 1.807) is 37.4 Å². The van der Waals surface area contributed by atoms with Crippen molar-refractivity contribution in [2.24, 2.45) is 0 Å². The van der Waals surface area contributed by atoms with E-state index in [0.29, 0.717) is 34.7 Å². The summed E-state index contributed by atoms with van der Waals surface area (Å²) in [4.78, 5) is 23.2. The Bertz CT molecular complexity index is 748. The second-order valence-corrected chi connectivity index (χ2v) is 5.68. The molecule has 0 bridgehead atoms. The maximum absolute atomic E-state index is 12.3. The fraction of sp³-hybridized carbons (Fsp3) is 0.176. The lowest BCUT2D eigenvalue weighted by Gasteiger charge is -2.10. The van der Waals surface area contributed by atoms with Gasteiger partial charge in [-0.1, -0.05) is 6.07 Å². The molecule has 0 aromatic heterocycles. The second-order valence-electron chi connectivity index (χ2n) is 4.83. The number of aromatic carboxylic acids is 1. The van der Waals surface area contributed by atoms with Crippen molar-refractivity contribution in [3.63, 3.8) is 0 Å². The lowest BCUT2D eigenvalue weighted by molar-refractivity contribution is 0.0696. The van der Waals surface area contributed by atoms with Gasteiger partial charge in [-0.25, -0.2) is 4.79 Å². The number of carbonyl (C=O) groups excluding carboxylic acids is 1. The van der Waals surface area contributed by atoms with Gasteiger partial charge < -0.3 is 19.9 Å². The summed E-state index contributed by atoms with van der Waals surface area (Å²) in [6.45, 7) is 0.872. The minimum absolute atomic E-state index is 0.107. The number of carboxylic acids is 1. The van der Waals surface area contributed by atoms with Crippen molar-refractivity contribution < 1.29 is 24.2 Å². The Morgan fingerprint density at radius 1 is 1.12 bits per heavy atom. The van der Waals surface area contributed by atoms with Gasteiger partial charge in [-0.2, -0.15) is 0 Å². The van der Waals surface area contributed by atoms with Gasteiger partial charge in [-0.15, -0.1) is 0 Å². The zero-order valence-electron chi connectivity index (χ0n) is 12.9. The topological polar surface area (TPSA) is 84.9 Å². The zero-order chi connectivity index (χ0) is 17.5.